The molecule has 0 radical (unpaired) electrons. The van der Waals surface area contributed by atoms with Crippen LogP contribution >= 0.6 is 23.7 Å². The van der Waals surface area contributed by atoms with Crippen LogP contribution in [0.5, 0.6) is 0 Å². The Morgan fingerprint density at radius 2 is 1.67 bits per heavy atom. The Morgan fingerprint density at radius 1 is 0.955 bits per heavy atom. The third-order valence-corrected chi connectivity index (χ3v) is 13.5. The number of anilines is 1. The van der Waals surface area contributed by atoms with Crippen molar-refractivity contribution >= 4 is 64.9 Å². The van der Waals surface area contributed by atoms with Gasteiger partial charge in [-0.15, -0.1) is 23.7 Å². The van der Waals surface area contributed by atoms with Gasteiger partial charge in [-0.1, -0.05) is 82.5 Å². The van der Waals surface area contributed by atoms with Gasteiger partial charge < -0.3 is 42.2 Å². The Bertz CT molecular complexity index is 2180. The molecule has 3 aromatic rings. The number of aryl methyl sites for hydroxylation is 2. The Hall–Kier alpha value is -4.94. The summed E-state index contributed by atoms with van der Waals surface area (Å²) >= 11 is 1.57. The summed E-state index contributed by atoms with van der Waals surface area (Å²) in [5.74, 6) is -2.09. The predicted octanol–water partition coefficient (Wildman–Crippen LogP) is 3.99. The number of nitrogens with two attached hydrogens (primary N) is 2. The first kappa shape index (κ1) is 52.0. The highest BCUT2D eigenvalue weighted by Gasteiger charge is 2.45. The number of ether oxygens (including phenoxy) is 1. The fraction of sp³-hybridized carbons (Fsp3) is 0.562. The van der Waals surface area contributed by atoms with Crippen molar-refractivity contribution in [2.75, 3.05) is 24.7 Å². The van der Waals surface area contributed by atoms with Gasteiger partial charge in [0, 0.05) is 45.4 Å². The fourth-order valence-corrected chi connectivity index (χ4v) is 9.74. The predicted molar refractivity (Wildman–Crippen MR) is 255 cm³/mol. The molecule has 3 aliphatic heterocycles. The van der Waals surface area contributed by atoms with Crippen LogP contribution in [0.4, 0.5) is 5.69 Å². The number of nitrogens with one attached hydrogen (secondary N) is 3. The lowest BCUT2D eigenvalue weighted by atomic mass is 9.85. The molecule has 3 aliphatic rings. The van der Waals surface area contributed by atoms with E-state index in [9.17, 15) is 33.9 Å². The maximum Gasteiger partial charge on any atom is 0.246 e. The van der Waals surface area contributed by atoms with E-state index in [1.54, 1.807) is 16.2 Å². The number of nitrogens with zero attached hydrogens (tertiary/aromatic N) is 3. The second kappa shape index (κ2) is 23.7. The lowest BCUT2D eigenvalue weighted by Gasteiger charge is -2.35. The molecule has 0 bridgehead atoms. The van der Waals surface area contributed by atoms with Gasteiger partial charge in [-0.2, -0.15) is 0 Å². The van der Waals surface area contributed by atoms with Crippen molar-refractivity contribution in [3.8, 4) is 10.4 Å². The van der Waals surface area contributed by atoms with Crippen LogP contribution in [0.2, 0.25) is 0 Å². The molecule has 1 aromatic heterocycles. The van der Waals surface area contributed by atoms with E-state index in [2.05, 4.69) is 20.9 Å². The molecule has 16 nitrogen and oxygen atoms in total. The molecule has 0 saturated carbocycles. The monoisotopic (exact) mass is 950 g/mol. The number of benzene rings is 2. The van der Waals surface area contributed by atoms with Crippen LogP contribution in [0.3, 0.4) is 0 Å². The standard InChI is InChI=1S/C48H66N8O8S.ClH/c1-29-42(65-28-52-29)32-16-14-30(15-17-32)25-51-44(60)37-24-35(57)26-55(37)47(63)43(48(2,3)4)54-40(59)13-8-6-5-7-9-22-64-27-34(19-21-39(50)58)53-45(61)38-23-33-12-10-11-31-18-20-36(49)46(62)56(38)41(31)33;/h10-12,14-17,28,34-38,43,57H,5-9,13,18-27,49H2,1-4H3,(H2,50,58)(H,51,60)(H,53,61)(H,54,59);1H/t34-,35+,36-,37-,38-,43+;/m0./s1. The molecule has 0 unspecified atom stereocenters. The number of para-hydroxylation sites is 1. The highest BCUT2D eigenvalue weighted by Crippen LogP contribution is 2.39. The lowest BCUT2D eigenvalue weighted by molar-refractivity contribution is -0.144. The third kappa shape index (κ3) is 13.4. The van der Waals surface area contributed by atoms with E-state index in [0.29, 0.717) is 38.7 Å². The molecule has 6 rings (SSSR count). The highest BCUT2D eigenvalue weighted by atomic mass is 35.5. The zero-order valence-electron chi connectivity index (χ0n) is 38.5. The number of aliphatic hydroxyl groups is 1. The van der Waals surface area contributed by atoms with E-state index in [4.69, 9.17) is 16.2 Å². The van der Waals surface area contributed by atoms with Crippen molar-refractivity contribution in [2.45, 2.75) is 148 Å². The first-order valence-corrected chi connectivity index (χ1v) is 23.8. The molecule has 4 heterocycles. The molecule has 6 amide bonds. The van der Waals surface area contributed by atoms with Crippen LogP contribution in [0.25, 0.3) is 10.4 Å². The van der Waals surface area contributed by atoms with Crippen LogP contribution < -0.4 is 32.3 Å². The van der Waals surface area contributed by atoms with Gasteiger partial charge in [0.05, 0.1) is 46.6 Å². The first-order chi connectivity index (χ1) is 31.0. The number of carbonyl (C=O) groups is 6. The fourth-order valence-electron chi connectivity index (χ4n) is 8.93. The topological polar surface area (TPSA) is 239 Å². The highest BCUT2D eigenvalue weighted by molar-refractivity contribution is 7.13. The number of likely N-dealkylation sites (tertiary alicyclic amines) is 1. The summed E-state index contributed by atoms with van der Waals surface area (Å²) in [4.78, 5) is 87.7. The lowest BCUT2D eigenvalue weighted by Crippen LogP contribution is -2.57. The minimum Gasteiger partial charge on any atom is -0.391 e. The molecule has 6 atom stereocenters. The molecular weight excluding hydrogens is 884 g/mol. The van der Waals surface area contributed by atoms with Crippen molar-refractivity contribution in [2.24, 2.45) is 16.9 Å². The first-order valence-electron chi connectivity index (χ1n) is 22.9. The molecule has 0 aliphatic carbocycles. The van der Waals surface area contributed by atoms with Crippen LogP contribution in [0.1, 0.15) is 107 Å². The van der Waals surface area contributed by atoms with Gasteiger partial charge in [0.2, 0.25) is 35.4 Å². The minimum absolute atomic E-state index is 0. The number of β-amino-alcohol motifs (C(OH)–C–C–N with tert-alkyl or cyclic N) is 1. The summed E-state index contributed by atoms with van der Waals surface area (Å²) in [6.45, 7) is 8.43. The number of hydrogen-bond donors (Lipinski definition) is 6. The van der Waals surface area contributed by atoms with Crippen LogP contribution in [0.15, 0.2) is 48.0 Å². The van der Waals surface area contributed by atoms with Gasteiger partial charge in [-0.25, -0.2) is 4.98 Å². The maximum absolute atomic E-state index is 14.0. The number of halogens is 1. The minimum atomic E-state index is -0.899. The SMILES string of the molecule is Cc1ncsc1-c1ccc(CNC(=O)[C@@H]2C[C@@H](O)CN2C(=O)[C@@H](NC(=O)CCCCCCCOC[C@H](CCC(N)=O)NC(=O)[C@@H]2Cc3cccc4c3N2C(=O)[C@@H](N)CC4)C(C)(C)C)cc1.Cl. The van der Waals surface area contributed by atoms with E-state index < -0.39 is 53.5 Å². The van der Waals surface area contributed by atoms with Crippen molar-refractivity contribution in [1.29, 1.82) is 0 Å². The van der Waals surface area contributed by atoms with E-state index in [1.165, 1.54) is 4.90 Å². The molecule has 66 heavy (non-hydrogen) atoms. The largest absolute Gasteiger partial charge is 0.391 e. The second-order valence-corrected chi connectivity index (χ2v) is 19.6. The summed E-state index contributed by atoms with van der Waals surface area (Å²) in [7, 11) is 0. The molecule has 0 spiro atoms. The van der Waals surface area contributed by atoms with Gasteiger partial charge in [-0.05, 0) is 66.7 Å². The number of rotatable bonds is 21. The Morgan fingerprint density at radius 3 is 2.36 bits per heavy atom. The van der Waals surface area contributed by atoms with E-state index in [1.807, 2.05) is 75.7 Å². The molecule has 8 N–H and O–H groups in total. The van der Waals surface area contributed by atoms with E-state index in [0.717, 1.165) is 64.2 Å². The number of amides is 6. The average molecular weight is 952 g/mol. The number of carbonyl (C=O) groups excluding carboxylic acids is 6. The average Bonchev–Trinajstić information content (AvgIpc) is 3.98. The summed E-state index contributed by atoms with van der Waals surface area (Å²) in [5.41, 5.74) is 18.4. The van der Waals surface area contributed by atoms with Crippen molar-refractivity contribution in [3.63, 3.8) is 0 Å². The maximum atomic E-state index is 14.0. The van der Waals surface area contributed by atoms with Gasteiger partial charge in [0.1, 0.15) is 18.1 Å². The van der Waals surface area contributed by atoms with Gasteiger partial charge in [0.15, 0.2) is 0 Å². The van der Waals surface area contributed by atoms with E-state index >= 15 is 0 Å². The molecule has 1 saturated heterocycles. The summed E-state index contributed by atoms with van der Waals surface area (Å²) in [5, 5.41) is 19.5. The Balaban J connectivity index is 0.00000817. The molecule has 1 fully saturated rings. The Labute approximate surface area is 397 Å². The molecule has 18 heteroatoms. The summed E-state index contributed by atoms with van der Waals surface area (Å²) in [6, 6.07) is 10.0. The van der Waals surface area contributed by atoms with Crippen molar-refractivity contribution < 1.29 is 38.6 Å². The third-order valence-electron chi connectivity index (χ3n) is 12.6. The normalized spacial score (nSPS) is 19.9. The van der Waals surface area contributed by atoms with Crippen LogP contribution in [0, 0.1) is 12.3 Å². The number of thiazole rings is 1. The summed E-state index contributed by atoms with van der Waals surface area (Å²) < 4.78 is 5.95. The zero-order chi connectivity index (χ0) is 46.8. The molecule has 360 valence electrons. The summed E-state index contributed by atoms with van der Waals surface area (Å²) in [6.07, 6.45) is 5.26. The van der Waals surface area contributed by atoms with E-state index in [-0.39, 0.29) is 75.0 Å². The van der Waals surface area contributed by atoms with Crippen LogP contribution in [-0.2, 0) is 52.9 Å². The molecular formula is C48H67ClN8O8S. The van der Waals surface area contributed by atoms with Gasteiger partial charge in [0.25, 0.3) is 0 Å². The van der Waals surface area contributed by atoms with Crippen LogP contribution in [-0.4, -0.2) is 107 Å². The molecule has 2 aromatic carbocycles. The second-order valence-electron chi connectivity index (χ2n) is 18.7. The Kier molecular flexibility index (Phi) is 18.7. The van der Waals surface area contributed by atoms with Gasteiger partial charge in [-0.3, -0.25) is 33.7 Å². The number of aromatic nitrogens is 1. The van der Waals surface area contributed by atoms with Crippen molar-refractivity contribution in [3.05, 3.63) is 70.4 Å². The number of aliphatic hydroxyl groups excluding tert-OH is 1. The zero-order valence-corrected chi connectivity index (χ0v) is 40.1. The number of primary amides is 1. The quantitative estimate of drug-likeness (QED) is 0.0840. The number of hydrogen-bond acceptors (Lipinski definition) is 11. The van der Waals surface area contributed by atoms with Crippen molar-refractivity contribution in [1.82, 2.24) is 25.8 Å². The smallest absolute Gasteiger partial charge is 0.246 e. The van der Waals surface area contributed by atoms with Gasteiger partial charge >= 0.3 is 0 Å². The number of unbranched alkanes of at least 4 members (excludes halogenated alkanes) is 4.